The van der Waals surface area contributed by atoms with Crippen molar-refractivity contribution in [3.8, 4) is 11.5 Å². The number of rotatable bonds is 4. The summed E-state index contributed by atoms with van der Waals surface area (Å²) < 4.78 is 38.9. The highest BCUT2D eigenvalue weighted by Gasteiger charge is 2.31. The minimum atomic E-state index is -3.67. The van der Waals surface area contributed by atoms with E-state index in [1.165, 1.54) is 26.6 Å². The third-order valence-corrected chi connectivity index (χ3v) is 8.70. The van der Waals surface area contributed by atoms with E-state index in [4.69, 9.17) is 9.47 Å². The molecule has 1 fully saturated rings. The molecule has 7 nitrogen and oxygen atoms in total. The molecule has 2 aliphatic heterocycles. The zero-order valence-electron chi connectivity index (χ0n) is 17.2. The molecule has 0 unspecified atom stereocenters. The molecule has 1 saturated heterocycles. The van der Waals surface area contributed by atoms with Crippen molar-refractivity contribution in [2.24, 2.45) is 0 Å². The number of amides is 1. The average Bonchev–Trinajstić information content (AvgIpc) is 2.98. The van der Waals surface area contributed by atoms with E-state index in [1.807, 2.05) is 13.0 Å². The molecular formula is C21H26N2O5S2. The number of benzene rings is 1. The normalized spacial score (nSPS) is 17.6. The summed E-state index contributed by atoms with van der Waals surface area (Å²) in [6.07, 6.45) is 1.67. The van der Waals surface area contributed by atoms with Crippen LogP contribution in [0.1, 0.15) is 33.5 Å². The van der Waals surface area contributed by atoms with E-state index in [0.29, 0.717) is 37.8 Å². The van der Waals surface area contributed by atoms with Gasteiger partial charge in [0.2, 0.25) is 10.0 Å². The van der Waals surface area contributed by atoms with Gasteiger partial charge in [0.1, 0.15) is 0 Å². The number of aryl methyl sites for hydroxylation is 2. The summed E-state index contributed by atoms with van der Waals surface area (Å²) in [6.45, 7) is 6.45. The van der Waals surface area contributed by atoms with Gasteiger partial charge in [0.15, 0.2) is 11.5 Å². The maximum absolute atomic E-state index is 13.1. The molecule has 0 bridgehead atoms. The average molecular weight is 451 g/mol. The number of carbonyl (C=O) groups is 1. The SMILES string of the molecule is CCc1sc(C(=O)N2CCN(S(=O)(=O)c3ccc4c(c3)OCCCO4)CC2)cc1C. The lowest BCUT2D eigenvalue weighted by atomic mass is 10.2. The lowest BCUT2D eigenvalue weighted by Crippen LogP contribution is -2.50. The Kier molecular flexibility index (Phi) is 6.04. The number of hydrogen-bond acceptors (Lipinski definition) is 6. The summed E-state index contributed by atoms with van der Waals surface area (Å²) in [5.74, 6) is 1.01. The van der Waals surface area contributed by atoms with Gasteiger partial charge >= 0.3 is 0 Å². The second-order valence-electron chi connectivity index (χ2n) is 7.43. The first kappa shape index (κ1) is 21.1. The van der Waals surface area contributed by atoms with Gasteiger partial charge in [-0.05, 0) is 37.1 Å². The summed E-state index contributed by atoms with van der Waals surface area (Å²) in [5.41, 5.74) is 1.14. The second kappa shape index (κ2) is 8.56. The maximum Gasteiger partial charge on any atom is 0.264 e. The first-order chi connectivity index (χ1) is 14.4. The van der Waals surface area contributed by atoms with Gasteiger partial charge in [0, 0.05) is 43.5 Å². The van der Waals surface area contributed by atoms with Gasteiger partial charge in [-0.1, -0.05) is 6.92 Å². The quantitative estimate of drug-likeness (QED) is 0.716. The molecule has 30 heavy (non-hydrogen) atoms. The number of sulfonamides is 1. The lowest BCUT2D eigenvalue weighted by Gasteiger charge is -2.33. The Bertz CT molecular complexity index is 1040. The van der Waals surface area contributed by atoms with Crippen LogP contribution < -0.4 is 9.47 Å². The molecule has 0 radical (unpaired) electrons. The molecule has 2 aliphatic rings. The molecule has 1 amide bonds. The fourth-order valence-electron chi connectivity index (χ4n) is 3.72. The largest absolute Gasteiger partial charge is 0.490 e. The van der Waals surface area contributed by atoms with Crippen molar-refractivity contribution in [1.82, 2.24) is 9.21 Å². The van der Waals surface area contributed by atoms with Crippen molar-refractivity contribution in [3.63, 3.8) is 0 Å². The number of hydrogen-bond donors (Lipinski definition) is 0. The van der Waals surface area contributed by atoms with Crippen molar-refractivity contribution in [3.05, 3.63) is 39.6 Å². The number of piperazine rings is 1. The lowest BCUT2D eigenvalue weighted by molar-refractivity contribution is 0.0702. The number of ether oxygens (including phenoxy) is 2. The van der Waals surface area contributed by atoms with Crippen LogP contribution in [0, 0.1) is 6.92 Å². The van der Waals surface area contributed by atoms with Crippen LogP contribution in [0.15, 0.2) is 29.2 Å². The van der Waals surface area contributed by atoms with Crippen LogP contribution in [0.3, 0.4) is 0 Å². The highest BCUT2D eigenvalue weighted by molar-refractivity contribution is 7.89. The van der Waals surface area contributed by atoms with Gasteiger partial charge in [0.05, 0.1) is 23.0 Å². The Morgan fingerprint density at radius 2 is 1.77 bits per heavy atom. The third-order valence-electron chi connectivity index (χ3n) is 5.44. The van der Waals surface area contributed by atoms with Crippen LogP contribution in [-0.2, 0) is 16.4 Å². The number of thiophene rings is 1. The zero-order chi connectivity index (χ0) is 21.3. The Morgan fingerprint density at radius 1 is 1.07 bits per heavy atom. The van der Waals surface area contributed by atoms with Crippen LogP contribution in [0.5, 0.6) is 11.5 Å². The van der Waals surface area contributed by atoms with E-state index in [0.717, 1.165) is 23.3 Å². The van der Waals surface area contributed by atoms with Crippen LogP contribution in [0.2, 0.25) is 0 Å². The molecule has 1 aromatic carbocycles. The van der Waals surface area contributed by atoms with Gasteiger partial charge in [-0.15, -0.1) is 11.3 Å². The van der Waals surface area contributed by atoms with E-state index in [9.17, 15) is 13.2 Å². The Morgan fingerprint density at radius 3 is 2.43 bits per heavy atom. The topological polar surface area (TPSA) is 76.2 Å². The molecule has 0 saturated carbocycles. The van der Waals surface area contributed by atoms with Crippen molar-refractivity contribution in [1.29, 1.82) is 0 Å². The Balaban J connectivity index is 1.45. The molecular weight excluding hydrogens is 424 g/mol. The summed E-state index contributed by atoms with van der Waals surface area (Å²) in [5, 5.41) is 0. The third kappa shape index (κ3) is 4.06. The second-order valence-corrected chi connectivity index (χ2v) is 10.5. The Labute approximate surface area is 181 Å². The Hall–Kier alpha value is -2.10. The van der Waals surface area contributed by atoms with Gasteiger partial charge < -0.3 is 14.4 Å². The van der Waals surface area contributed by atoms with Crippen molar-refractivity contribution >= 4 is 27.3 Å². The molecule has 4 rings (SSSR count). The molecule has 0 spiro atoms. The molecule has 0 atom stereocenters. The molecule has 9 heteroatoms. The predicted octanol–water partition coefficient (Wildman–Crippen LogP) is 2.93. The standard InChI is InChI=1S/C21H26N2O5S2/c1-3-19-15(2)13-20(29-19)21(24)22-7-9-23(10-8-22)30(25,26)16-5-6-17-18(14-16)28-12-4-11-27-17/h5-6,13-14H,3-4,7-12H2,1-2H3. The fourth-order valence-corrected chi connectivity index (χ4v) is 6.24. The summed E-state index contributed by atoms with van der Waals surface area (Å²) in [7, 11) is -3.67. The molecule has 2 aromatic rings. The van der Waals surface area contributed by atoms with E-state index in [1.54, 1.807) is 17.0 Å². The van der Waals surface area contributed by atoms with Crippen LogP contribution in [0.25, 0.3) is 0 Å². The maximum atomic E-state index is 13.1. The zero-order valence-corrected chi connectivity index (χ0v) is 18.9. The molecule has 3 heterocycles. The minimum Gasteiger partial charge on any atom is -0.490 e. The van der Waals surface area contributed by atoms with Crippen LogP contribution in [-0.4, -0.2) is 62.9 Å². The van der Waals surface area contributed by atoms with Crippen LogP contribution >= 0.6 is 11.3 Å². The molecule has 0 N–H and O–H groups in total. The highest BCUT2D eigenvalue weighted by Crippen LogP contribution is 2.33. The smallest absolute Gasteiger partial charge is 0.264 e. The molecule has 0 aliphatic carbocycles. The highest BCUT2D eigenvalue weighted by atomic mass is 32.2. The number of nitrogens with zero attached hydrogens (tertiary/aromatic N) is 2. The van der Waals surface area contributed by atoms with Gasteiger partial charge in [0.25, 0.3) is 5.91 Å². The van der Waals surface area contributed by atoms with Crippen molar-refractivity contribution < 1.29 is 22.7 Å². The first-order valence-electron chi connectivity index (χ1n) is 10.2. The minimum absolute atomic E-state index is 0.0181. The van der Waals surface area contributed by atoms with E-state index in [2.05, 4.69) is 6.92 Å². The summed E-state index contributed by atoms with van der Waals surface area (Å²) in [6, 6.07) is 6.68. The van der Waals surface area contributed by atoms with E-state index >= 15 is 0 Å². The molecule has 162 valence electrons. The van der Waals surface area contributed by atoms with E-state index < -0.39 is 10.0 Å². The summed E-state index contributed by atoms with van der Waals surface area (Å²) in [4.78, 5) is 16.7. The fraction of sp³-hybridized carbons (Fsp3) is 0.476. The first-order valence-corrected chi connectivity index (χ1v) is 12.4. The predicted molar refractivity (Wildman–Crippen MR) is 115 cm³/mol. The van der Waals surface area contributed by atoms with Crippen molar-refractivity contribution in [2.75, 3.05) is 39.4 Å². The van der Waals surface area contributed by atoms with E-state index in [-0.39, 0.29) is 23.9 Å². The molecule has 1 aromatic heterocycles. The van der Waals surface area contributed by atoms with Gasteiger partial charge in [-0.2, -0.15) is 4.31 Å². The van der Waals surface area contributed by atoms with Gasteiger partial charge in [-0.3, -0.25) is 4.79 Å². The monoisotopic (exact) mass is 450 g/mol. The van der Waals surface area contributed by atoms with Crippen LogP contribution in [0.4, 0.5) is 0 Å². The number of fused-ring (bicyclic) bond motifs is 1. The van der Waals surface area contributed by atoms with Crippen molar-refractivity contribution in [2.45, 2.75) is 31.6 Å². The number of carbonyl (C=O) groups excluding carboxylic acids is 1. The summed E-state index contributed by atoms with van der Waals surface area (Å²) >= 11 is 1.53. The van der Waals surface area contributed by atoms with Gasteiger partial charge in [-0.25, -0.2) is 8.42 Å².